The van der Waals surface area contributed by atoms with Gasteiger partial charge in [-0.3, -0.25) is 0 Å². The van der Waals surface area contributed by atoms with E-state index < -0.39 is 10.0 Å². The van der Waals surface area contributed by atoms with Gasteiger partial charge in [0.05, 0.1) is 6.26 Å². The number of nitrogens with one attached hydrogen (secondary N) is 1. The Hall–Kier alpha value is -0.850. The number of sulfonamides is 1. The number of rotatable bonds is 5. The maximum Gasteiger partial charge on any atom is 0.211 e. The van der Waals surface area contributed by atoms with Crippen molar-refractivity contribution in [3.8, 4) is 0 Å². The summed E-state index contributed by atoms with van der Waals surface area (Å²) in [6, 6.07) is 2.18. The maximum absolute atomic E-state index is 11.7. The molecule has 0 spiro atoms. The molecule has 1 atom stereocenters. The molecular formula is C16H28N2O3S. The Morgan fingerprint density at radius 1 is 1.41 bits per heavy atom. The molecule has 1 aliphatic heterocycles. The quantitative estimate of drug-likeness (QED) is 0.901. The standard InChI is InChI=1S/C16H28N2O3S/c1-12-13(9-15(21-12)16(2,3)4)10-17-11-14-7-6-8-18(14)22(5,19)20/h9,14,17H,6-8,10-11H2,1-5H3/t14-/m1/s1. The van der Waals surface area contributed by atoms with Gasteiger partial charge in [-0.05, 0) is 25.8 Å². The fourth-order valence-electron chi connectivity index (χ4n) is 2.89. The van der Waals surface area contributed by atoms with E-state index in [4.69, 9.17) is 4.42 Å². The summed E-state index contributed by atoms with van der Waals surface area (Å²) in [5.41, 5.74) is 1.15. The van der Waals surface area contributed by atoms with Crippen LogP contribution in [0.5, 0.6) is 0 Å². The zero-order chi connectivity index (χ0) is 16.5. The Morgan fingerprint density at radius 3 is 2.64 bits per heavy atom. The molecule has 0 bridgehead atoms. The zero-order valence-corrected chi connectivity index (χ0v) is 15.1. The van der Waals surface area contributed by atoms with Gasteiger partial charge in [0.1, 0.15) is 11.5 Å². The summed E-state index contributed by atoms with van der Waals surface area (Å²) < 4.78 is 30.9. The second-order valence-corrected chi connectivity index (χ2v) is 9.18. The zero-order valence-electron chi connectivity index (χ0n) is 14.3. The molecule has 2 rings (SSSR count). The van der Waals surface area contributed by atoms with Gasteiger partial charge in [0.15, 0.2) is 0 Å². The fourth-order valence-corrected chi connectivity index (χ4v) is 4.07. The lowest BCUT2D eigenvalue weighted by atomic mass is 9.93. The van der Waals surface area contributed by atoms with Gasteiger partial charge in [-0.1, -0.05) is 20.8 Å². The molecule has 1 fully saturated rings. The minimum atomic E-state index is -3.10. The lowest BCUT2D eigenvalue weighted by molar-refractivity contribution is 0.373. The van der Waals surface area contributed by atoms with Crippen LogP contribution in [0.25, 0.3) is 0 Å². The highest BCUT2D eigenvalue weighted by Gasteiger charge is 2.31. The predicted molar refractivity (Wildman–Crippen MR) is 88.4 cm³/mol. The number of nitrogens with zero attached hydrogens (tertiary/aromatic N) is 1. The highest BCUT2D eigenvalue weighted by molar-refractivity contribution is 7.88. The van der Waals surface area contributed by atoms with E-state index in [2.05, 4.69) is 32.2 Å². The Balaban J connectivity index is 1.93. The topological polar surface area (TPSA) is 62.6 Å². The maximum atomic E-state index is 11.7. The second-order valence-electron chi connectivity index (χ2n) is 7.24. The van der Waals surface area contributed by atoms with E-state index in [1.165, 1.54) is 6.26 Å². The van der Waals surface area contributed by atoms with Crippen LogP contribution in [0.4, 0.5) is 0 Å². The van der Waals surface area contributed by atoms with E-state index in [1.54, 1.807) is 4.31 Å². The van der Waals surface area contributed by atoms with Crippen LogP contribution in [0.2, 0.25) is 0 Å². The van der Waals surface area contributed by atoms with Gasteiger partial charge in [-0.15, -0.1) is 0 Å². The van der Waals surface area contributed by atoms with Crippen LogP contribution in [0.3, 0.4) is 0 Å². The van der Waals surface area contributed by atoms with Crippen molar-refractivity contribution >= 4 is 10.0 Å². The largest absolute Gasteiger partial charge is 0.465 e. The van der Waals surface area contributed by atoms with Crippen molar-refractivity contribution in [2.45, 2.75) is 58.5 Å². The monoisotopic (exact) mass is 328 g/mol. The van der Waals surface area contributed by atoms with Crippen LogP contribution in [-0.2, 0) is 22.0 Å². The van der Waals surface area contributed by atoms with Gasteiger partial charge in [0.2, 0.25) is 10.0 Å². The van der Waals surface area contributed by atoms with Crippen LogP contribution in [0, 0.1) is 6.92 Å². The van der Waals surface area contributed by atoms with E-state index in [0.29, 0.717) is 19.6 Å². The van der Waals surface area contributed by atoms with Gasteiger partial charge in [0, 0.05) is 36.7 Å². The summed E-state index contributed by atoms with van der Waals surface area (Å²) >= 11 is 0. The molecule has 6 heteroatoms. The first-order valence-corrected chi connectivity index (χ1v) is 9.71. The molecular weight excluding hydrogens is 300 g/mol. The van der Waals surface area contributed by atoms with Crippen molar-refractivity contribution in [2.24, 2.45) is 0 Å². The molecule has 0 aromatic carbocycles. The molecule has 1 aliphatic rings. The first-order valence-electron chi connectivity index (χ1n) is 7.86. The van der Waals surface area contributed by atoms with Crippen LogP contribution in [0.1, 0.15) is 50.7 Å². The molecule has 22 heavy (non-hydrogen) atoms. The molecule has 1 saturated heterocycles. The van der Waals surface area contributed by atoms with Crippen LogP contribution in [0.15, 0.2) is 10.5 Å². The molecule has 0 saturated carbocycles. The Kier molecular flexibility index (Phi) is 5.04. The lowest BCUT2D eigenvalue weighted by Crippen LogP contribution is -2.40. The summed E-state index contributed by atoms with van der Waals surface area (Å²) in [5.74, 6) is 1.92. The van der Waals surface area contributed by atoms with Gasteiger partial charge in [-0.25, -0.2) is 8.42 Å². The van der Waals surface area contributed by atoms with Gasteiger partial charge >= 0.3 is 0 Å². The summed E-state index contributed by atoms with van der Waals surface area (Å²) in [4.78, 5) is 0. The van der Waals surface area contributed by atoms with E-state index >= 15 is 0 Å². The molecule has 1 aromatic heterocycles. The van der Waals surface area contributed by atoms with Crippen molar-refractivity contribution in [2.75, 3.05) is 19.3 Å². The third-order valence-electron chi connectivity index (χ3n) is 4.20. The summed E-state index contributed by atoms with van der Waals surface area (Å²) in [6.45, 7) is 10.4. The van der Waals surface area contributed by atoms with Crippen LogP contribution >= 0.6 is 0 Å². The number of hydrogen-bond donors (Lipinski definition) is 1. The fraction of sp³-hybridized carbons (Fsp3) is 0.750. The van der Waals surface area contributed by atoms with Crippen LogP contribution < -0.4 is 5.32 Å². The Bertz CT molecular complexity index is 614. The van der Waals surface area contributed by atoms with E-state index in [9.17, 15) is 8.42 Å². The molecule has 1 aromatic rings. The Morgan fingerprint density at radius 2 is 2.09 bits per heavy atom. The molecule has 1 N–H and O–H groups in total. The van der Waals surface area contributed by atoms with Crippen molar-refractivity contribution in [3.05, 3.63) is 23.2 Å². The lowest BCUT2D eigenvalue weighted by Gasteiger charge is -2.22. The third kappa shape index (κ3) is 4.12. The van der Waals surface area contributed by atoms with Gasteiger partial charge in [-0.2, -0.15) is 4.31 Å². The highest BCUT2D eigenvalue weighted by atomic mass is 32.2. The SMILES string of the molecule is Cc1oc(C(C)(C)C)cc1CNC[C@H]1CCCN1S(C)(=O)=O. The van der Waals surface area contributed by atoms with Crippen LogP contribution in [-0.4, -0.2) is 38.1 Å². The summed E-state index contributed by atoms with van der Waals surface area (Å²) in [6.07, 6.45) is 3.16. The van der Waals surface area contributed by atoms with Crippen molar-refractivity contribution in [1.29, 1.82) is 0 Å². The molecule has 126 valence electrons. The second kappa shape index (κ2) is 6.34. The third-order valence-corrected chi connectivity index (χ3v) is 5.54. The first kappa shape index (κ1) is 17.5. The van der Waals surface area contributed by atoms with E-state index in [1.807, 2.05) is 6.92 Å². The van der Waals surface area contributed by atoms with Gasteiger partial charge in [0.25, 0.3) is 0 Å². The van der Waals surface area contributed by atoms with Gasteiger partial charge < -0.3 is 9.73 Å². The molecule has 0 amide bonds. The molecule has 5 nitrogen and oxygen atoms in total. The normalized spacial score (nSPS) is 20.7. The average molecular weight is 328 g/mol. The average Bonchev–Trinajstić information content (AvgIpc) is 2.95. The van der Waals surface area contributed by atoms with E-state index in [0.717, 1.165) is 29.9 Å². The molecule has 2 heterocycles. The first-order chi connectivity index (χ1) is 10.1. The smallest absolute Gasteiger partial charge is 0.211 e. The highest BCUT2D eigenvalue weighted by Crippen LogP contribution is 2.27. The summed E-state index contributed by atoms with van der Waals surface area (Å²) in [7, 11) is -3.10. The number of furan rings is 1. The van der Waals surface area contributed by atoms with E-state index in [-0.39, 0.29) is 11.5 Å². The summed E-state index contributed by atoms with van der Waals surface area (Å²) in [5, 5.41) is 3.39. The van der Waals surface area contributed by atoms with Crippen molar-refractivity contribution in [1.82, 2.24) is 9.62 Å². The predicted octanol–water partition coefficient (Wildman–Crippen LogP) is 2.40. The molecule has 0 radical (unpaired) electrons. The number of aryl methyl sites for hydroxylation is 1. The molecule has 0 unspecified atom stereocenters. The minimum Gasteiger partial charge on any atom is -0.465 e. The van der Waals surface area contributed by atoms with Crippen molar-refractivity contribution in [3.63, 3.8) is 0 Å². The Labute approximate surface area is 134 Å². The molecule has 0 aliphatic carbocycles. The number of hydrogen-bond acceptors (Lipinski definition) is 4. The minimum absolute atomic E-state index is 0.00154. The van der Waals surface area contributed by atoms with Crippen molar-refractivity contribution < 1.29 is 12.8 Å².